The van der Waals surface area contributed by atoms with Crippen molar-refractivity contribution in [2.24, 2.45) is 5.73 Å². The molecule has 0 spiro atoms. The summed E-state index contributed by atoms with van der Waals surface area (Å²) in [5.74, 6) is 0.478. The largest absolute Gasteiger partial charge is 0.490 e. The Morgan fingerprint density at radius 1 is 1.28 bits per heavy atom. The molecule has 6 heteroatoms. The summed E-state index contributed by atoms with van der Waals surface area (Å²) < 4.78 is 11.8. The highest BCUT2D eigenvalue weighted by Crippen LogP contribution is 2.33. The average Bonchev–Trinajstić information content (AvgIpc) is 2.56. The number of benzene rings is 1. The summed E-state index contributed by atoms with van der Waals surface area (Å²) in [6, 6.07) is 5.14. The monoisotopic (exact) mass is 344 g/mol. The molecule has 1 saturated carbocycles. The number of hydrogen-bond acceptors (Lipinski definition) is 5. The highest BCUT2D eigenvalue weighted by molar-refractivity contribution is 6.01. The van der Waals surface area contributed by atoms with Gasteiger partial charge in [-0.1, -0.05) is 6.42 Å². The van der Waals surface area contributed by atoms with Gasteiger partial charge in [-0.3, -0.25) is 9.78 Å². The van der Waals surface area contributed by atoms with Gasteiger partial charge in [0, 0.05) is 11.6 Å². The van der Waals surface area contributed by atoms with Gasteiger partial charge in [-0.2, -0.15) is 0 Å². The number of ether oxygens (including phenoxy) is 2. The minimum absolute atomic E-state index is 0.100. The highest BCUT2D eigenvalue weighted by atomic mass is 16.5. The van der Waals surface area contributed by atoms with E-state index in [4.69, 9.17) is 15.2 Å². The number of carbonyl (C=O) groups excluding carboxylic acids is 1. The fourth-order valence-corrected chi connectivity index (χ4v) is 3.17. The first-order valence-corrected chi connectivity index (χ1v) is 8.69. The van der Waals surface area contributed by atoms with Crippen molar-refractivity contribution >= 4 is 16.8 Å². The Hall–Kier alpha value is -2.34. The van der Waals surface area contributed by atoms with E-state index in [1.54, 1.807) is 24.4 Å². The molecule has 0 radical (unpaired) electrons. The molecule has 3 rings (SSSR count). The fourth-order valence-electron chi connectivity index (χ4n) is 3.17. The SMILES string of the molecule is CC(C)Oc1cc2c(O[C@@H]3CCCC[C@@H]3O)ccnc2cc1C(N)=O. The van der Waals surface area contributed by atoms with Crippen LogP contribution in [0.25, 0.3) is 10.9 Å². The lowest BCUT2D eigenvalue weighted by Crippen LogP contribution is -2.34. The number of primary amides is 1. The standard InChI is InChI=1S/C19H24N2O4/c1-11(2)24-18-10-12-14(9-13(18)19(20)23)21-8-7-16(12)25-17-6-4-3-5-15(17)22/h7-11,15,17,22H,3-6H2,1-2H3,(H2,20,23)/t15-,17+/m0/s1. The molecule has 1 aromatic heterocycles. The first kappa shape index (κ1) is 17.5. The van der Waals surface area contributed by atoms with Gasteiger partial charge in [-0.15, -0.1) is 0 Å². The quantitative estimate of drug-likeness (QED) is 0.870. The summed E-state index contributed by atoms with van der Waals surface area (Å²) >= 11 is 0. The molecule has 1 heterocycles. The van der Waals surface area contributed by atoms with Crippen molar-refractivity contribution < 1.29 is 19.4 Å². The molecule has 2 aromatic rings. The number of aromatic nitrogens is 1. The van der Waals surface area contributed by atoms with Crippen LogP contribution in [0, 0.1) is 0 Å². The van der Waals surface area contributed by atoms with E-state index in [9.17, 15) is 9.90 Å². The lowest BCUT2D eigenvalue weighted by atomic mass is 9.95. The molecule has 1 aliphatic carbocycles. The molecule has 1 amide bonds. The number of aliphatic hydroxyl groups excluding tert-OH is 1. The maximum absolute atomic E-state index is 11.7. The van der Waals surface area contributed by atoms with Crippen LogP contribution >= 0.6 is 0 Å². The van der Waals surface area contributed by atoms with E-state index in [0.717, 1.165) is 31.1 Å². The van der Waals surface area contributed by atoms with Crippen LogP contribution in [-0.2, 0) is 0 Å². The second-order valence-electron chi connectivity index (χ2n) is 6.71. The Bertz CT molecular complexity index is 775. The molecule has 0 bridgehead atoms. The van der Waals surface area contributed by atoms with E-state index in [2.05, 4.69) is 4.98 Å². The van der Waals surface area contributed by atoms with Gasteiger partial charge in [0.1, 0.15) is 17.6 Å². The summed E-state index contributed by atoms with van der Waals surface area (Å²) in [6.07, 6.45) is 4.46. The van der Waals surface area contributed by atoms with Crippen LogP contribution in [0.1, 0.15) is 49.9 Å². The molecule has 6 nitrogen and oxygen atoms in total. The van der Waals surface area contributed by atoms with Crippen molar-refractivity contribution in [3.05, 3.63) is 30.0 Å². The molecule has 3 N–H and O–H groups in total. The molecular formula is C19H24N2O4. The Morgan fingerprint density at radius 3 is 2.72 bits per heavy atom. The van der Waals surface area contributed by atoms with Gasteiger partial charge in [0.15, 0.2) is 0 Å². The predicted octanol–water partition coefficient (Wildman–Crippen LogP) is 2.80. The maximum atomic E-state index is 11.7. The minimum atomic E-state index is -0.562. The minimum Gasteiger partial charge on any atom is -0.490 e. The number of nitrogens with zero attached hydrogens (tertiary/aromatic N) is 1. The summed E-state index contributed by atoms with van der Waals surface area (Å²) in [4.78, 5) is 16.1. The topological polar surface area (TPSA) is 94.7 Å². The van der Waals surface area contributed by atoms with Crippen LogP contribution in [0.2, 0.25) is 0 Å². The van der Waals surface area contributed by atoms with E-state index in [-0.39, 0.29) is 12.2 Å². The van der Waals surface area contributed by atoms with Crippen molar-refractivity contribution in [1.29, 1.82) is 0 Å². The summed E-state index contributed by atoms with van der Waals surface area (Å²) in [6.45, 7) is 3.77. The molecule has 1 aromatic carbocycles. The van der Waals surface area contributed by atoms with Crippen molar-refractivity contribution in [3.8, 4) is 11.5 Å². The summed E-state index contributed by atoms with van der Waals surface area (Å²) in [5, 5.41) is 10.9. The molecule has 1 fully saturated rings. The Morgan fingerprint density at radius 2 is 2.04 bits per heavy atom. The first-order valence-electron chi connectivity index (χ1n) is 8.69. The van der Waals surface area contributed by atoms with Gasteiger partial charge < -0.3 is 20.3 Å². The Labute approximate surface area is 146 Å². The van der Waals surface area contributed by atoms with Gasteiger partial charge >= 0.3 is 0 Å². The van der Waals surface area contributed by atoms with Gasteiger partial charge in [0.05, 0.1) is 23.3 Å². The summed E-state index contributed by atoms with van der Waals surface area (Å²) in [5.41, 5.74) is 6.38. The third-order valence-electron chi connectivity index (χ3n) is 4.38. The zero-order valence-electron chi connectivity index (χ0n) is 14.6. The van der Waals surface area contributed by atoms with Crippen molar-refractivity contribution in [1.82, 2.24) is 4.98 Å². The van der Waals surface area contributed by atoms with E-state index >= 15 is 0 Å². The van der Waals surface area contributed by atoms with Crippen molar-refractivity contribution in [3.63, 3.8) is 0 Å². The Balaban J connectivity index is 2.02. The first-order chi connectivity index (χ1) is 12.0. The second-order valence-corrected chi connectivity index (χ2v) is 6.71. The van der Waals surface area contributed by atoms with E-state index < -0.39 is 12.0 Å². The number of nitrogens with two attached hydrogens (primary N) is 1. The van der Waals surface area contributed by atoms with Crippen molar-refractivity contribution in [2.45, 2.75) is 57.8 Å². The van der Waals surface area contributed by atoms with Crippen LogP contribution in [0.3, 0.4) is 0 Å². The van der Waals surface area contributed by atoms with Crippen LogP contribution in [0.5, 0.6) is 11.5 Å². The number of pyridine rings is 1. The maximum Gasteiger partial charge on any atom is 0.252 e. The van der Waals surface area contributed by atoms with E-state index in [1.807, 2.05) is 13.8 Å². The van der Waals surface area contributed by atoms with Gasteiger partial charge in [0.2, 0.25) is 0 Å². The molecule has 2 atom stereocenters. The third-order valence-corrected chi connectivity index (χ3v) is 4.38. The van der Waals surface area contributed by atoms with Crippen LogP contribution < -0.4 is 15.2 Å². The van der Waals surface area contributed by atoms with E-state index in [0.29, 0.717) is 22.6 Å². The summed E-state index contributed by atoms with van der Waals surface area (Å²) in [7, 11) is 0. The average molecular weight is 344 g/mol. The predicted molar refractivity (Wildman–Crippen MR) is 94.9 cm³/mol. The molecule has 0 saturated heterocycles. The number of hydrogen-bond donors (Lipinski definition) is 2. The van der Waals surface area contributed by atoms with Crippen LogP contribution in [0.4, 0.5) is 0 Å². The number of rotatable bonds is 5. The number of aliphatic hydroxyl groups is 1. The normalized spacial score (nSPS) is 20.6. The Kier molecular flexibility index (Phi) is 5.08. The van der Waals surface area contributed by atoms with Gasteiger partial charge in [-0.25, -0.2) is 0 Å². The molecule has 0 aliphatic heterocycles. The lowest BCUT2D eigenvalue weighted by Gasteiger charge is -2.28. The number of carbonyl (C=O) groups is 1. The molecule has 25 heavy (non-hydrogen) atoms. The molecule has 0 unspecified atom stereocenters. The van der Waals surface area contributed by atoms with Crippen molar-refractivity contribution in [2.75, 3.05) is 0 Å². The zero-order valence-corrected chi connectivity index (χ0v) is 14.6. The van der Waals surface area contributed by atoms with Crippen LogP contribution in [0.15, 0.2) is 24.4 Å². The number of fused-ring (bicyclic) bond motifs is 1. The zero-order chi connectivity index (χ0) is 18.0. The molecular weight excluding hydrogens is 320 g/mol. The highest BCUT2D eigenvalue weighted by Gasteiger charge is 2.25. The van der Waals surface area contributed by atoms with E-state index in [1.165, 1.54) is 0 Å². The van der Waals surface area contributed by atoms with Gasteiger partial charge in [0.25, 0.3) is 5.91 Å². The molecule has 134 valence electrons. The van der Waals surface area contributed by atoms with Crippen LogP contribution in [-0.4, -0.2) is 34.3 Å². The smallest absolute Gasteiger partial charge is 0.252 e. The fraction of sp³-hybridized carbons (Fsp3) is 0.474. The molecule has 1 aliphatic rings. The number of amides is 1. The lowest BCUT2D eigenvalue weighted by molar-refractivity contribution is 0.00765. The second kappa shape index (κ2) is 7.27. The van der Waals surface area contributed by atoms with Gasteiger partial charge in [-0.05, 0) is 51.3 Å². The third kappa shape index (κ3) is 3.85.